The van der Waals surface area contributed by atoms with E-state index >= 15 is 0 Å². The van der Waals surface area contributed by atoms with E-state index in [-0.39, 0.29) is 0 Å². The van der Waals surface area contributed by atoms with E-state index in [4.69, 9.17) is 4.74 Å². The number of ether oxygens (including phenoxy) is 1. The van der Waals surface area contributed by atoms with Crippen molar-refractivity contribution in [3.8, 4) is 5.75 Å². The Morgan fingerprint density at radius 3 is 2.62 bits per heavy atom. The molecule has 1 N–H and O–H groups in total. The van der Waals surface area contributed by atoms with Crippen molar-refractivity contribution in [3.63, 3.8) is 0 Å². The van der Waals surface area contributed by atoms with Crippen LogP contribution in [-0.2, 0) is 6.42 Å². The molecular formula is C19H23NO. The molecule has 2 aromatic carbocycles. The minimum absolute atomic E-state index is 0.368. The van der Waals surface area contributed by atoms with E-state index in [1.54, 1.807) is 0 Å². The molecule has 110 valence electrons. The van der Waals surface area contributed by atoms with Gasteiger partial charge in [-0.1, -0.05) is 42.5 Å². The van der Waals surface area contributed by atoms with Crippen molar-refractivity contribution in [2.45, 2.75) is 37.8 Å². The van der Waals surface area contributed by atoms with Gasteiger partial charge in [-0.2, -0.15) is 0 Å². The molecule has 0 spiro atoms. The summed E-state index contributed by atoms with van der Waals surface area (Å²) >= 11 is 0. The number of nitrogens with one attached hydrogen (secondary N) is 1. The zero-order valence-electron chi connectivity index (χ0n) is 12.6. The Morgan fingerprint density at radius 1 is 1.10 bits per heavy atom. The summed E-state index contributed by atoms with van der Waals surface area (Å²) in [5, 5.41) is 3.43. The van der Waals surface area contributed by atoms with Gasteiger partial charge in [0.15, 0.2) is 0 Å². The van der Waals surface area contributed by atoms with Crippen molar-refractivity contribution < 1.29 is 4.74 Å². The highest BCUT2D eigenvalue weighted by Gasteiger charge is 2.23. The van der Waals surface area contributed by atoms with Gasteiger partial charge in [-0.05, 0) is 56.0 Å². The van der Waals surface area contributed by atoms with Crippen LogP contribution in [0.3, 0.4) is 0 Å². The molecule has 2 aromatic rings. The van der Waals surface area contributed by atoms with Crippen LogP contribution in [0.15, 0.2) is 54.6 Å². The van der Waals surface area contributed by atoms with Gasteiger partial charge < -0.3 is 10.1 Å². The van der Waals surface area contributed by atoms with E-state index in [1.165, 1.54) is 24.0 Å². The molecular weight excluding hydrogens is 258 g/mol. The lowest BCUT2D eigenvalue weighted by Gasteiger charge is -2.18. The Bertz CT molecular complexity index is 563. The summed E-state index contributed by atoms with van der Waals surface area (Å²) in [5.74, 6) is 1.01. The Morgan fingerprint density at radius 2 is 1.90 bits per heavy atom. The lowest BCUT2D eigenvalue weighted by Crippen LogP contribution is -2.17. The molecule has 1 aliphatic carbocycles. The largest absolute Gasteiger partial charge is 0.490 e. The lowest BCUT2D eigenvalue weighted by atomic mass is 9.99. The smallest absolute Gasteiger partial charge is 0.120 e. The second kappa shape index (κ2) is 6.77. The number of rotatable bonds is 7. The first kappa shape index (κ1) is 14.2. The first-order chi connectivity index (χ1) is 10.3. The van der Waals surface area contributed by atoms with Gasteiger partial charge >= 0.3 is 0 Å². The van der Waals surface area contributed by atoms with Crippen molar-refractivity contribution in [1.29, 1.82) is 0 Å². The van der Waals surface area contributed by atoms with Crippen LogP contribution in [0.1, 0.15) is 36.4 Å². The van der Waals surface area contributed by atoms with Crippen molar-refractivity contribution in [2.75, 3.05) is 7.05 Å². The average molecular weight is 281 g/mol. The molecule has 1 atom stereocenters. The van der Waals surface area contributed by atoms with Crippen LogP contribution in [0.2, 0.25) is 0 Å². The summed E-state index contributed by atoms with van der Waals surface area (Å²) in [6, 6.07) is 19.6. The van der Waals surface area contributed by atoms with Gasteiger partial charge in [-0.15, -0.1) is 0 Å². The third-order valence-corrected chi connectivity index (χ3v) is 4.00. The molecule has 3 rings (SSSR count). The first-order valence-electron chi connectivity index (χ1n) is 7.83. The zero-order valence-corrected chi connectivity index (χ0v) is 12.6. The number of benzene rings is 2. The highest BCUT2D eigenvalue weighted by Crippen LogP contribution is 2.29. The van der Waals surface area contributed by atoms with E-state index in [2.05, 4.69) is 59.9 Å². The lowest BCUT2D eigenvalue weighted by molar-refractivity contribution is 0.302. The summed E-state index contributed by atoms with van der Waals surface area (Å²) in [6.45, 7) is 0. The minimum atomic E-state index is 0.368. The van der Waals surface area contributed by atoms with Gasteiger partial charge in [-0.3, -0.25) is 0 Å². The summed E-state index contributed by atoms with van der Waals surface area (Å²) in [5.41, 5.74) is 2.70. The molecule has 1 unspecified atom stereocenters. The highest BCUT2D eigenvalue weighted by molar-refractivity contribution is 5.31. The standard InChI is InChI=1S/C19H23NO/c1-20-19(13-10-15-6-3-2-4-7-15)16-8-5-9-18(14-16)21-17-11-12-17/h2-9,14,17,19-20H,10-13H2,1H3. The fraction of sp³-hybridized carbons (Fsp3) is 0.368. The summed E-state index contributed by atoms with van der Waals surface area (Å²) < 4.78 is 5.90. The molecule has 1 fully saturated rings. The average Bonchev–Trinajstić information content (AvgIpc) is 3.33. The molecule has 2 nitrogen and oxygen atoms in total. The van der Waals surface area contributed by atoms with Crippen LogP contribution in [0, 0.1) is 0 Å². The topological polar surface area (TPSA) is 21.3 Å². The molecule has 0 bridgehead atoms. The Kier molecular flexibility index (Phi) is 4.56. The fourth-order valence-corrected chi connectivity index (χ4v) is 2.62. The SMILES string of the molecule is CNC(CCc1ccccc1)c1cccc(OC2CC2)c1. The molecule has 0 aromatic heterocycles. The molecule has 1 aliphatic rings. The van der Waals surface area contributed by atoms with Gasteiger partial charge in [0.05, 0.1) is 6.10 Å². The normalized spacial score (nSPS) is 15.7. The second-order valence-electron chi connectivity index (χ2n) is 5.76. The van der Waals surface area contributed by atoms with E-state index in [9.17, 15) is 0 Å². The minimum Gasteiger partial charge on any atom is -0.490 e. The molecule has 0 radical (unpaired) electrons. The third-order valence-electron chi connectivity index (χ3n) is 4.00. The van der Waals surface area contributed by atoms with Gasteiger partial charge in [0.25, 0.3) is 0 Å². The number of hydrogen-bond acceptors (Lipinski definition) is 2. The molecule has 0 heterocycles. The van der Waals surface area contributed by atoms with Crippen molar-refractivity contribution in [1.82, 2.24) is 5.32 Å². The molecule has 2 heteroatoms. The van der Waals surface area contributed by atoms with Crippen molar-refractivity contribution in [2.24, 2.45) is 0 Å². The molecule has 0 aliphatic heterocycles. The fourth-order valence-electron chi connectivity index (χ4n) is 2.62. The van der Waals surface area contributed by atoms with Gasteiger partial charge in [-0.25, -0.2) is 0 Å². The maximum atomic E-state index is 5.90. The van der Waals surface area contributed by atoms with E-state index in [0.29, 0.717) is 12.1 Å². The van der Waals surface area contributed by atoms with Crippen molar-refractivity contribution in [3.05, 3.63) is 65.7 Å². The summed E-state index contributed by atoms with van der Waals surface area (Å²) in [4.78, 5) is 0. The Hall–Kier alpha value is -1.80. The predicted molar refractivity (Wildman–Crippen MR) is 86.7 cm³/mol. The van der Waals surface area contributed by atoms with Crippen LogP contribution in [0.4, 0.5) is 0 Å². The maximum Gasteiger partial charge on any atom is 0.120 e. The van der Waals surface area contributed by atoms with Crippen LogP contribution in [0.5, 0.6) is 5.75 Å². The van der Waals surface area contributed by atoms with E-state index < -0.39 is 0 Å². The van der Waals surface area contributed by atoms with Crippen LogP contribution in [0.25, 0.3) is 0 Å². The van der Waals surface area contributed by atoms with Gasteiger partial charge in [0.2, 0.25) is 0 Å². The van der Waals surface area contributed by atoms with Crippen LogP contribution in [-0.4, -0.2) is 13.2 Å². The molecule has 1 saturated carbocycles. The Labute approximate surface area is 127 Å². The van der Waals surface area contributed by atoms with Crippen LogP contribution >= 0.6 is 0 Å². The zero-order chi connectivity index (χ0) is 14.5. The van der Waals surface area contributed by atoms with Crippen LogP contribution < -0.4 is 10.1 Å². The quantitative estimate of drug-likeness (QED) is 0.824. The van der Waals surface area contributed by atoms with Gasteiger partial charge in [0.1, 0.15) is 5.75 Å². The second-order valence-corrected chi connectivity index (χ2v) is 5.76. The molecule has 0 amide bonds. The summed E-state index contributed by atoms with van der Waals surface area (Å²) in [7, 11) is 2.03. The van der Waals surface area contributed by atoms with Gasteiger partial charge in [0, 0.05) is 6.04 Å². The predicted octanol–water partition coefficient (Wildman–Crippen LogP) is 4.12. The monoisotopic (exact) mass is 281 g/mol. The maximum absolute atomic E-state index is 5.90. The van der Waals surface area contributed by atoms with Crippen molar-refractivity contribution >= 4 is 0 Å². The number of hydrogen-bond donors (Lipinski definition) is 1. The highest BCUT2D eigenvalue weighted by atomic mass is 16.5. The number of aryl methyl sites for hydroxylation is 1. The Balaban J connectivity index is 1.64. The van der Waals surface area contributed by atoms with E-state index in [0.717, 1.165) is 18.6 Å². The van der Waals surface area contributed by atoms with E-state index in [1.807, 2.05) is 7.05 Å². The first-order valence-corrected chi connectivity index (χ1v) is 7.83. The molecule has 21 heavy (non-hydrogen) atoms. The molecule has 0 saturated heterocycles. The third kappa shape index (κ3) is 4.08. The summed E-state index contributed by atoms with van der Waals surface area (Å²) in [6.07, 6.45) is 5.03.